The molecule has 0 radical (unpaired) electrons. The minimum Gasteiger partial charge on any atom is -0.339 e. The van der Waals surface area contributed by atoms with Crippen LogP contribution in [0, 0.1) is 28.6 Å². The highest BCUT2D eigenvalue weighted by Gasteiger charge is 2.48. The molecule has 20 heavy (non-hydrogen) atoms. The minimum atomic E-state index is -0.753. The van der Waals surface area contributed by atoms with E-state index in [4.69, 9.17) is 0 Å². The van der Waals surface area contributed by atoms with Crippen molar-refractivity contribution in [2.75, 3.05) is 26.2 Å². The minimum absolute atomic E-state index is 0.0156. The number of piperazine rings is 1. The zero-order chi connectivity index (χ0) is 14.3. The van der Waals surface area contributed by atoms with E-state index < -0.39 is 5.41 Å². The van der Waals surface area contributed by atoms with Gasteiger partial charge < -0.3 is 9.80 Å². The van der Waals surface area contributed by atoms with E-state index >= 15 is 0 Å². The molecule has 2 unspecified atom stereocenters. The molecule has 0 aromatic rings. The number of nitrogens with zero attached hydrogens (tertiary/aromatic N) is 3. The van der Waals surface area contributed by atoms with E-state index in [0.717, 1.165) is 12.8 Å². The van der Waals surface area contributed by atoms with Crippen molar-refractivity contribution in [3.8, 4) is 6.07 Å². The summed E-state index contributed by atoms with van der Waals surface area (Å²) in [7, 11) is 0. The van der Waals surface area contributed by atoms with Gasteiger partial charge in [0, 0.05) is 32.1 Å². The molecule has 3 rings (SSSR count). The van der Waals surface area contributed by atoms with Gasteiger partial charge in [0.05, 0.1) is 6.07 Å². The molecule has 2 aliphatic carbocycles. The predicted octanol–water partition coefficient (Wildman–Crippen LogP) is 1.01. The molecular weight excluding hydrogens is 254 g/mol. The fourth-order valence-electron chi connectivity index (χ4n) is 3.24. The van der Waals surface area contributed by atoms with Gasteiger partial charge in [-0.25, -0.2) is 0 Å². The highest BCUT2D eigenvalue weighted by atomic mass is 16.2. The topological polar surface area (TPSA) is 64.4 Å². The van der Waals surface area contributed by atoms with Crippen LogP contribution in [0.1, 0.15) is 32.6 Å². The third-order valence-corrected chi connectivity index (χ3v) is 5.14. The molecule has 0 bridgehead atoms. The van der Waals surface area contributed by atoms with Crippen molar-refractivity contribution in [3.63, 3.8) is 0 Å². The molecule has 1 saturated heterocycles. The molecule has 3 aliphatic rings. The van der Waals surface area contributed by atoms with Crippen molar-refractivity contribution in [3.05, 3.63) is 0 Å². The summed E-state index contributed by atoms with van der Waals surface area (Å²) in [5.74, 6) is 0.981. The van der Waals surface area contributed by atoms with Gasteiger partial charge in [0.25, 0.3) is 0 Å². The van der Waals surface area contributed by atoms with Crippen molar-refractivity contribution in [2.45, 2.75) is 32.6 Å². The monoisotopic (exact) mass is 275 g/mol. The normalized spacial score (nSPS) is 31.2. The zero-order valence-electron chi connectivity index (χ0n) is 12.0. The summed E-state index contributed by atoms with van der Waals surface area (Å²) in [4.78, 5) is 28.2. The van der Waals surface area contributed by atoms with E-state index in [1.165, 1.54) is 0 Å². The molecule has 0 spiro atoms. The van der Waals surface area contributed by atoms with Gasteiger partial charge in [-0.1, -0.05) is 6.92 Å². The SMILES string of the molecule is CC1CC1C(=O)N1CCN(C(=O)C2(C#N)CCC2)CC1. The van der Waals surface area contributed by atoms with Gasteiger partial charge in [0.2, 0.25) is 11.8 Å². The summed E-state index contributed by atoms with van der Waals surface area (Å²) in [5, 5.41) is 9.23. The second-order valence-electron chi connectivity index (χ2n) is 6.48. The van der Waals surface area contributed by atoms with Gasteiger partial charge >= 0.3 is 0 Å². The molecule has 3 fully saturated rings. The van der Waals surface area contributed by atoms with Gasteiger partial charge in [0.1, 0.15) is 5.41 Å². The van der Waals surface area contributed by atoms with Crippen LogP contribution >= 0.6 is 0 Å². The van der Waals surface area contributed by atoms with Crippen molar-refractivity contribution in [1.29, 1.82) is 5.26 Å². The Balaban J connectivity index is 1.55. The smallest absolute Gasteiger partial charge is 0.243 e. The maximum Gasteiger partial charge on any atom is 0.243 e. The van der Waals surface area contributed by atoms with Crippen LogP contribution in [0.25, 0.3) is 0 Å². The molecule has 2 saturated carbocycles. The van der Waals surface area contributed by atoms with E-state index in [9.17, 15) is 14.9 Å². The Bertz CT molecular complexity index is 470. The number of amides is 2. The van der Waals surface area contributed by atoms with Crippen LogP contribution in [-0.2, 0) is 9.59 Å². The molecule has 5 nitrogen and oxygen atoms in total. The first-order chi connectivity index (χ1) is 9.57. The maximum atomic E-state index is 12.4. The first-order valence-electron chi connectivity index (χ1n) is 7.57. The second-order valence-corrected chi connectivity index (χ2v) is 6.48. The number of carbonyl (C=O) groups is 2. The Morgan fingerprint density at radius 2 is 1.70 bits per heavy atom. The second kappa shape index (κ2) is 4.76. The van der Waals surface area contributed by atoms with Crippen LogP contribution in [-0.4, -0.2) is 47.8 Å². The summed E-state index contributed by atoms with van der Waals surface area (Å²) in [6.45, 7) is 4.50. The van der Waals surface area contributed by atoms with Gasteiger partial charge in [0.15, 0.2) is 0 Å². The summed E-state index contributed by atoms with van der Waals surface area (Å²) in [6, 6.07) is 2.21. The first-order valence-corrected chi connectivity index (χ1v) is 7.57. The van der Waals surface area contributed by atoms with Crippen molar-refractivity contribution >= 4 is 11.8 Å². The van der Waals surface area contributed by atoms with Gasteiger partial charge in [-0.2, -0.15) is 5.26 Å². The Hall–Kier alpha value is -1.57. The van der Waals surface area contributed by atoms with Gasteiger partial charge in [-0.05, 0) is 31.6 Å². The van der Waals surface area contributed by atoms with Gasteiger partial charge in [-0.15, -0.1) is 0 Å². The van der Waals surface area contributed by atoms with E-state index in [2.05, 4.69) is 13.0 Å². The van der Waals surface area contributed by atoms with Crippen molar-refractivity contribution in [2.24, 2.45) is 17.3 Å². The Morgan fingerprint density at radius 3 is 2.10 bits per heavy atom. The Kier molecular flexibility index (Phi) is 3.19. The molecule has 1 heterocycles. The molecule has 0 aromatic heterocycles. The Labute approximate surface area is 119 Å². The number of nitriles is 1. The average Bonchev–Trinajstić information content (AvgIpc) is 3.14. The standard InChI is InChI=1S/C15H21N3O2/c1-11-9-12(11)13(19)17-5-7-18(8-6-17)14(20)15(10-16)3-2-4-15/h11-12H,2-9H2,1H3. The molecule has 2 amide bonds. The first kappa shape index (κ1) is 13.4. The lowest BCUT2D eigenvalue weighted by Crippen LogP contribution is -2.55. The summed E-state index contributed by atoms with van der Waals surface area (Å²) in [5.41, 5.74) is -0.753. The van der Waals surface area contributed by atoms with Crippen molar-refractivity contribution < 1.29 is 9.59 Å². The number of carbonyl (C=O) groups excluding carboxylic acids is 2. The summed E-state index contributed by atoms with van der Waals surface area (Å²) >= 11 is 0. The molecule has 2 atom stereocenters. The highest BCUT2D eigenvalue weighted by molar-refractivity contribution is 5.87. The molecule has 108 valence electrons. The molecule has 0 N–H and O–H groups in total. The Morgan fingerprint density at radius 1 is 1.15 bits per heavy atom. The molecular formula is C15H21N3O2. The maximum absolute atomic E-state index is 12.4. The summed E-state index contributed by atoms with van der Waals surface area (Å²) < 4.78 is 0. The van der Waals surface area contributed by atoms with Gasteiger partial charge in [-0.3, -0.25) is 9.59 Å². The van der Waals surface area contributed by atoms with Crippen LogP contribution in [0.15, 0.2) is 0 Å². The zero-order valence-corrected chi connectivity index (χ0v) is 12.0. The van der Waals surface area contributed by atoms with E-state index in [-0.39, 0.29) is 17.7 Å². The molecule has 5 heteroatoms. The lowest BCUT2D eigenvalue weighted by Gasteiger charge is -2.41. The van der Waals surface area contributed by atoms with Crippen LogP contribution in [0.3, 0.4) is 0 Å². The number of rotatable bonds is 2. The van der Waals surface area contributed by atoms with Crippen molar-refractivity contribution in [1.82, 2.24) is 9.80 Å². The largest absolute Gasteiger partial charge is 0.339 e. The fraction of sp³-hybridized carbons (Fsp3) is 0.800. The molecule has 0 aromatic carbocycles. The summed E-state index contributed by atoms with van der Waals surface area (Å²) in [6.07, 6.45) is 3.37. The number of hydrogen-bond acceptors (Lipinski definition) is 3. The predicted molar refractivity (Wildman–Crippen MR) is 72.3 cm³/mol. The third kappa shape index (κ3) is 2.07. The number of hydrogen-bond donors (Lipinski definition) is 0. The lowest BCUT2D eigenvalue weighted by atomic mass is 9.69. The average molecular weight is 275 g/mol. The van der Waals surface area contributed by atoms with Crippen LogP contribution in [0.5, 0.6) is 0 Å². The van der Waals surface area contributed by atoms with Crippen LogP contribution in [0.4, 0.5) is 0 Å². The molecule has 1 aliphatic heterocycles. The fourth-order valence-corrected chi connectivity index (χ4v) is 3.24. The van der Waals surface area contributed by atoms with Crippen LogP contribution < -0.4 is 0 Å². The lowest BCUT2D eigenvalue weighted by molar-refractivity contribution is -0.148. The highest BCUT2D eigenvalue weighted by Crippen LogP contribution is 2.42. The van der Waals surface area contributed by atoms with E-state index in [1.807, 2.05) is 4.90 Å². The quantitative estimate of drug-likeness (QED) is 0.755. The van der Waals surface area contributed by atoms with Crippen LogP contribution in [0.2, 0.25) is 0 Å². The van der Waals surface area contributed by atoms with E-state index in [0.29, 0.717) is 44.9 Å². The third-order valence-electron chi connectivity index (χ3n) is 5.14. The van der Waals surface area contributed by atoms with E-state index in [1.54, 1.807) is 4.90 Å².